The SMILES string of the molecule is CCCCCC(OCOc1ncc(/C(=C(\Cc2ccc3c(c2)OCO3)C(=O)O)c2ccc(OC)cc2OCC(=O)O)[nH]1)[Si](C)(C)C. The second-order valence-corrected chi connectivity index (χ2v) is 17.3. The topological polar surface area (TPSA) is 159 Å². The number of carboxylic acids is 2. The number of hydrogen-bond acceptors (Lipinski definition) is 9. The van der Waals surface area contributed by atoms with Gasteiger partial charge in [0.25, 0.3) is 6.01 Å². The first-order chi connectivity index (χ1) is 22.0. The molecule has 1 unspecified atom stereocenters. The fourth-order valence-electron chi connectivity index (χ4n) is 5.11. The standard InChI is InChI=1S/C33H42N2O10Si/c1-6-7-8-9-30(46(3,4)5)44-20-45-33-34-17-25(35-33)31(23-12-11-22(40-2)16-27(23)41-18-29(36)37)24(32(38)39)14-21-10-13-26-28(15-21)43-19-42-26/h10-13,15-17,30H,6-9,14,18-20H2,1-5H3,(H,34,35)(H,36,37)(H,38,39)/b31-24+. The molecule has 4 rings (SSSR count). The molecule has 0 spiro atoms. The van der Waals surface area contributed by atoms with E-state index < -0.39 is 26.6 Å². The van der Waals surface area contributed by atoms with Gasteiger partial charge >= 0.3 is 11.9 Å². The van der Waals surface area contributed by atoms with Crippen molar-refractivity contribution in [2.75, 3.05) is 27.3 Å². The lowest BCUT2D eigenvalue weighted by atomic mass is 9.92. The minimum Gasteiger partial charge on any atom is -0.497 e. The number of nitrogens with one attached hydrogen (secondary N) is 1. The summed E-state index contributed by atoms with van der Waals surface area (Å²) in [5, 5.41) is 19.9. The van der Waals surface area contributed by atoms with Crippen LogP contribution in [0.25, 0.3) is 5.57 Å². The van der Waals surface area contributed by atoms with Gasteiger partial charge in [-0.25, -0.2) is 14.6 Å². The number of carboxylic acid groups (broad SMARTS) is 2. The molecule has 2 heterocycles. The molecule has 3 N–H and O–H groups in total. The van der Waals surface area contributed by atoms with Crippen molar-refractivity contribution >= 4 is 25.6 Å². The molecule has 0 aliphatic carbocycles. The van der Waals surface area contributed by atoms with Gasteiger partial charge < -0.3 is 43.6 Å². The number of ether oxygens (including phenoxy) is 6. The van der Waals surface area contributed by atoms with Gasteiger partial charge in [0.05, 0.1) is 38.4 Å². The van der Waals surface area contributed by atoms with Gasteiger partial charge in [-0.1, -0.05) is 51.9 Å². The van der Waals surface area contributed by atoms with Gasteiger partial charge in [-0.3, -0.25) is 0 Å². The summed E-state index contributed by atoms with van der Waals surface area (Å²) < 4.78 is 33.9. The molecular formula is C33H42N2O10Si. The molecule has 0 radical (unpaired) electrons. The molecular weight excluding hydrogens is 612 g/mol. The van der Waals surface area contributed by atoms with Crippen LogP contribution in [0, 0.1) is 0 Å². The second kappa shape index (κ2) is 15.7. The van der Waals surface area contributed by atoms with Gasteiger partial charge in [-0.15, -0.1) is 0 Å². The average molecular weight is 655 g/mol. The second-order valence-electron chi connectivity index (χ2n) is 11.9. The number of fused-ring (bicyclic) bond motifs is 1. The minimum absolute atomic E-state index is 0.00891. The van der Waals surface area contributed by atoms with Gasteiger partial charge in [-0.05, 0) is 36.2 Å². The maximum atomic E-state index is 12.9. The Kier molecular flexibility index (Phi) is 11.7. The molecule has 12 nitrogen and oxygen atoms in total. The Labute approximate surface area is 269 Å². The van der Waals surface area contributed by atoms with Gasteiger partial charge in [0.2, 0.25) is 6.79 Å². The molecule has 1 atom stereocenters. The highest BCUT2D eigenvalue weighted by atomic mass is 28.3. The van der Waals surface area contributed by atoms with Crippen molar-refractivity contribution in [3.8, 4) is 29.0 Å². The number of carbonyl (C=O) groups is 2. The molecule has 0 saturated heterocycles. The van der Waals surface area contributed by atoms with Crippen LogP contribution < -0.4 is 23.7 Å². The maximum Gasteiger partial charge on any atom is 0.341 e. The average Bonchev–Trinajstić information content (AvgIpc) is 3.68. The smallest absolute Gasteiger partial charge is 0.341 e. The van der Waals surface area contributed by atoms with Crippen molar-refractivity contribution < 1.29 is 48.2 Å². The van der Waals surface area contributed by atoms with Crippen LogP contribution in [0.4, 0.5) is 0 Å². The number of aliphatic carboxylic acids is 2. The number of aromatic amines is 1. The molecule has 1 aromatic heterocycles. The van der Waals surface area contributed by atoms with E-state index >= 15 is 0 Å². The Morgan fingerprint density at radius 3 is 2.52 bits per heavy atom. The number of benzene rings is 2. The predicted octanol–water partition coefficient (Wildman–Crippen LogP) is 5.92. The van der Waals surface area contributed by atoms with Crippen molar-refractivity contribution in [3.63, 3.8) is 0 Å². The fourth-order valence-corrected chi connectivity index (χ4v) is 6.75. The van der Waals surface area contributed by atoms with E-state index in [-0.39, 0.29) is 48.6 Å². The summed E-state index contributed by atoms with van der Waals surface area (Å²) in [4.78, 5) is 31.8. The van der Waals surface area contributed by atoms with Crippen LogP contribution in [-0.4, -0.2) is 73.2 Å². The summed E-state index contributed by atoms with van der Waals surface area (Å²) in [5.74, 6) is -0.782. The molecule has 248 valence electrons. The highest BCUT2D eigenvalue weighted by Crippen LogP contribution is 2.38. The van der Waals surface area contributed by atoms with Crippen LogP contribution in [0.3, 0.4) is 0 Å². The predicted molar refractivity (Wildman–Crippen MR) is 172 cm³/mol. The van der Waals surface area contributed by atoms with E-state index in [1.54, 1.807) is 30.3 Å². The number of imidazole rings is 1. The number of aromatic nitrogens is 2. The molecule has 3 aromatic rings. The largest absolute Gasteiger partial charge is 0.497 e. The zero-order valence-electron chi connectivity index (χ0n) is 26.9. The number of unbranched alkanes of at least 4 members (excludes halogenated alkanes) is 2. The van der Waals surface area contributed by atoms with Crippen LogP contribution in [0.5, 0.6) is 29.0 Å². The lowest BCUT2D eigenvalue weighted by Crippen LogP contribution is -2.41. The Morgan fingerprint density at radius 1 is 1.04 bits per heavy atom. The summed E-state index contributed by atoms with van der Waals surface area (Å²) in [6, 6.07) is 10.1. The van der Waals surface area contributed by atoms with Gasteiger partial charge in [0.1, 0.15) is 11.5 Å². The molecule has 0 bridgehead atoms. The van der Waals surface area contributed by atoms with Crippen LogP contribution in [0.15, 0.2) is 48.2 Å². The molecule has 1 aliphatic rings. The number of nitrogens with zero attached hydrogens (tertiary/aromatic N) is 1. The number of rotatable bonds is 18. The van der Waals surface area contributed by atoms with E-state index in [9.17, 15) is 19.8 Å². The van der Waals surface area contributed by atoms with E-state index in [1.165, 1.54) is 19.4 Å². The van der Waals surface area contributed by atoms with E-state index in [0.29, 0.717) is 34.1 Å². The first-order valence-electron chi connectivity index (χ1n) is 15.2. The van der Waals surface area contributed by atoms with E-state index in [4.69, 9.17) is 28.4 Å². The Bertz CT molecular complexity index is 1550. The van der Waals surface area contributed by atoms with Crippen molar-refractivity contribution in [2.45, 2.75) is 64.4 Å². The van der Waals surface area contributed by atoms with Crippen molar-refractivity contribution in [1.82, 2.24) is 9.97 Å². The Hall–Kier alpha value is -4.49. The Morgan fingerprint density at radius 2 is 1.83 bits per heavy atom. The molecule has 0 fully saturated rings. The summed E-state index contributed by atoms with van der Waals surface area (Å²) in [6.07, 6.45) is 5.77. The minimum atomic E-state index is -1.62. The summed E-state index contributed by atoms with van der Waals surface area (Å²) in [7, 11) is -0.157. The van der Waals surface area contributed by atoms with Crippen LogP contribution >= 0.6 is 0 Å². The van der Waals surface area contributed by atoms with Gasteiger partial charge in [0, 0.05) is 23.6 Å². The first-order valence-corrected chi connectivity index (χ1v) is 18.8. The van der Waals surface area contributed by atoms with Crippen molar-refractivity contribution in [1.29, 1.82) is 0 Å². The van der Waals surface area contributed by atoms with E-state index in [1.807, 2.05) is 0 Å². The van der Waals surface area contributed by atoms with Gasteiger partial charge in [0.15, 0.2) is 24.9 Å². The molecule has 0 saturated carbocycles. The number of hydrogen-bond donors (Lipinski definition) is 3. The van der Waals surface area contributed by atoms with E-state index in [0.717, 1.165) is 25.7 Å². The molecule has 13 heteroatoms. The summed E-state index contributed by atoms with van der Waals surface area (Å²) in [5.41, 5.74) is 1.63. The normalized spacial score (nSPS) is 13.6. The zero-order valence-corrected chi connectivity index (χ0v) is 27.9. The lowest BCUT2D eigenvalue weighted by molar-refractivity contribution is -0.139. The monoisotopic (exact) mass is 654 g/mol. The van der Waals surface area contributed by atoms with Crippen LogP contribution in [0.2, 0.25) is 19.6 Å². The quantitative estimate of drug-likeness (QED) is 0.0647. The fraction of sp³-hybridized carbons (Fsp3) is 0.424. The lowest BCUT2D eigenvalue weighted by Gasteiger charge is -2.28. The highest BCUT2D eigenvalue weighted by Gasteiger charge is 2.28. The Balaban J connectivity index is 1.72. The number of H-pyrrole nitrogens is 1. The molecule has 2 aromatic carbocycles. The third-order valence-corrected chi connectivity index (χ3v) is 9.90. The highest BCUT2D eigenvalue weighted by molar-refractivity contribution is 6.77. The zero-order chi connectivity index (χ0) is 33.3. The van der Waals surface area contributed by atoms with Gasteiger partial charge in [-0.2, -0.15) is 0 Å². The van der Waals surface area contributed by atoms with Crippen molar-refractivity contribution in [2.24, 2.45) is 0 Å². The maximum absolute atomic E-state index is 12.9. The van der Waals surface area contributed by atoms with Crippen molar-refractivity contribution in [3.05, 3.63) is 65.0 Å². The van der Waals surface area contributed by atoms with Crippen LogP contribution in [0.1, 0.15) is 49.4 Å². The summed E-state index contributed by atoms with van der Waals surface area (Å²) in [6.45, 7) is 8.37. The molecule has 0 amide bonds. The third-order valence-electron chi connectivity index (χ3n) is 7.51. The third kappa shape index (κ3) is 9.04. The molecule has 1 aliphatic heterocycles. The summed E-state index contributed by atoms with van der Waals surface area (Å²) >= 11 is 0. The van der Waals surface area contributed by atoms with Crippen LogP contribution in [-0.2, 0) is 20.7 Å². The number of methoxy groups -OCH3 is 1. The first kappa shape index (κ1) is 34.4. The molecule has 46 heavy (non-hydrogen) atoms. The van der Waals surface area contributed by atoms with E-state index in [2.05, 4.69) is 36.5 Å².